The van der Waals surface area contributed by atoms with Crippen molar-refractivity contribution in [3.8, 4) is 11.1 Å². The van der Waals surface area contributed by atoms with Crippen molar-refractivity contribution in [1.29, 1.82) is 0 Å². The van der Waals surface area contributed by atoms with Crippen LogP contribution in [0.3, 0.4) is 0 Å². The van der Waals surface area contributed by atoms with Crippen LogP contribution in [0.1, 0.15) is 5.56 Å². The number of nitrogens with one attached hydrogen (secondary N) is 1. The van der Waals surface area contributed by atoms with Crippen LogP contribution in [0, 0.1) is 0 Å². The van der Waals surface area contributed by atoms with E-state index >= 15 is 0 Å². The first-order chi connectivity index (χ1) is 7.48. The summed E-state index contributed by atoms with van der Waals surface area (Å²) < 4.78 is 37.4. The molecule has 1 heterocycles. The predicted octanol–water partition coefficient (Wildman–Crippen LogP) is 2.68. The highest BCUT2D eigenvalue weighted by molar-refractivity contribution is 5.73. The van der Waals surface area contributed by atoms with Crippen LogP contribution < -0.4 is 5.73 Å². The van der Waals surface area contributed by atoms with Gasteiger partial charge in [-0.3, -0.25) is 5.10 Å². The highest BCUT2D eigenvalue weighted by Gasteiger charge is 2.30. The average Bonchev–Trinajstić information content (AvgIpc) is 2.63. The zero-order valence-corrected chi connectivity index (χ0v) is 8.05. The third-order valence-electron chi connectivity index (χ3n) is 2.17. The molecule has 2 aromatic rings. The van der Waals surface area contributed by atoms with Crippen molar-refractivity contribution in [2.24, 2.45) is 0 Å². The van der Waals surface area contributed by atoms with Gasteiger partial charge < -0.3 is 5.73 Å². The number of nitrogens with zero attached hydrogens (tertiary/aromatic N) is 1. The lowest BCUT2D eigenvalue weighted by molar-refractivity contribution is -0.137. The Balaban J connectivity index is 2.49. The Morgan fingerprint density at radius 3 is 2.56 bits per heavy atom. The molecule has 0 aliphatic rings. The minimum absolute atomic E-state index is 0.249. The molecule has 0 unspecified atom stereocenters. The van der Waals surface area contributed by atoms with E-state index in [1.807, 2.05) is 0 Å². The van der Waals surface area contributed by atoms with E-state index in [2.05, 4.69) is 10.2 Å². The van der Waals surface area contributed by atoms with Crippen LogP contribution >= 0.6 is 0 Å². The molecule has 1 aromatic heterocycles. The number of alkyl halides is 3. The van der Waals surface area contributed by atoms with Crippen molar-refractivity contribution in [2.45, 2.75) is 6.18 Å². The van der Waals surface area contributed by atoms with E-state index in [4.69, 9.17) is 5.73 Å². The fourth-order valence-electron chi connectivity index (χ4n) is 1.39. The number of benzene rings is 1. The second kappa shape index (κ2) is 3.55. The Morgan fingerprint density at radius 1 is 1.25 bits per heavy atom. The summed E-state index contributed by atoms with van der Waals surface area (Å²) in [6.07, 6.45) is -2.96. The molecule has 3 N–H and O–H groups in total. The van der Waals surface area contributed by atoms with Crippen LogP contribution in [0.2, 0.25) is 0 Å². The van der Waals surface area contributed by atoms with Gasteiger partial charge >= 0.3 is 6.18 Å². The third kappa shape index (κ3) is 1.86. The first-order valence-electron chi connectivity index (χ1n) is 4.45. The molecule has 0 atom stereocenters. The molecule has 0 amide bonds. The van der Waals surface area contributed by atoms with Crippen molar-refractivity contribution in [2.75, 3.05) is 5.73 Å². The summed E-state index contributed by atoms with van der Waals surface area (Å²) in [4.78, 5) is 0. The van der Waals surface area contributed by atoms with E-state index in [0.717, 1.165) is 12.1 Å². The Labute approximate surface area is 89.1 Å². The summed E-state index contributed by atoms with van der Waals surface area (Å²) in [5.74, 6) is 0.249. The smallest absolute Gasteiger partial charge is 0.384 e. The lowest BCUT2D eigenvalue weighted by Gasteiger charge is -2.07. The zero-order chi connectivity index (χ0) is 11.8. The van der Waals surface area contributed by atoms with Crippen molar-refractivity contribution in [3.05, 3.63) is 36.0 Å². The minimum atomic E-state index is -4.35. The number of aromatic amines is 1. The van der Waals surface area contributed by atoms with Gasteiger partial charge in [-0.1, -0.05) is 12.1 Å². The number of anilines is 1. The topological polar surface area (TPSA) is 54.7 Å². The fraction of sp³-hybridized carbons (Fsp3) is 0.100. The normalized spacial score (nSPS) is 11.7. The minimum Gasteiger partial charge on any atom is -0.384 e. The second-order valence-electron chi connectivity index (χ2n) is 3.28. The summed E-state index contributed by atoms with van der Waals surface area (Å²) in [7, 11) is 0. The molecule has 0 bridgehead atoms. The van der Waals surface area contributed by atoms with Crippen LogP contribution in [0.15, 0.2) is 30.5 Å². The first kappa shape index (κ1) is 10.5. The van der Waals surface area contributed by atoms with Gasteiger partial charge in [0.25, 0.3) is 0 Å². The Hall–Kier alpha value is -1.98. The van der Waals surface area contributed by atoms with Gasteiger partial charge in [0.15, 0.2) is 0 Å². The maximum absolute atomic E-state index is 12.5. The Bertz CT molecular complexity index is 502. The highest BCUT2D eigenvalue weighted by atomic mass is 19.4. The Morgan fingerprint density at radius 2 is 2.00 bits per heavy atom. The van der Waals surface area contributed by atoms with E-state index in [0.29, 0.717) is 11.1 Å². The SMILES string of the molecule is Nc1[nH]ncc1-c1cccc(C(F)(F)F)c1. The van der Waals surface area contributed by atoms with Gasteiger partial charge in [-0.15, -0.1) is 0 Å². The number of halogens is 3. The number of nitrogen functional groups attached to an aromatic ring is 1. The maximum Gasteiger partial charge on any atom is 0.416 e. The standard InChI is InChI=1S/C10H8F3N3/c11-10(12,13)7-3-1-2-6(4-7)8-5-15-16-9(8)14/h1-5H,(H3,14,15,16). The molecule has 0 aliphatic carbocycles. The monoisotopic (exact) mass is 227 g/mol. The molecule has 16 heavy (non-hydrogen) atoms. The highest BCUT2D eigenvalue weighted by Crippen LogP contribution is 2.33. The van der Waals surface area contributed by atoms with Crippen molar-refractivity contribution in [3.63, 3.8) is 0 Å². The quantitative estimate of drug-likeness (QED) is 0.786. The second-order valence-corrected chi connectivity index (χ2v) is 3.28. The summed E-state index contributed by atoms with van der Waals surface area (Å²) in [6.45, 7) is 0. The van der Waals surface area contributed by atoms with Gasteiger partial charge in [-0.2, -0.15) is 18.3 Å². The van der Waals surface area contributed by atoms with Crippen molar-refractivity contribution >= 4 is 5.82 Å². The maximum atomic E-state index is 12.5. The predicted molar refractivity (Wildman–Crippen MR) is 53.4 cm³/mol. The van der Waals surface area contributed by atoms with Crippen LogP contribution in [-0.4, -0.2) is 10.2 Å². The molecule has 1 aromatic carbocycles. The summed E-state index contributed by atoms with van der Waals surface area (Å²) in [5, 5.41) is 6.13. The molecule has 0 aliphatic heterocycles. The first-order valence-corrected chi connectivity index (χ1v) is 4.45. The number of H-pyrrole nitrogens is 1. The van der Waals surface area contributed by atoms with Gasteiger partial charge in [0.2, 0.25) is 0 Å². The van der Waals surface area contributed by atoms with Crippen LogP contribution in [0.25, 0.3) is 11.1 Å². The third-order valence-corrected chi connectivity index (χ3v) is 2.17. The van der Waals surface area contributed by atoms with Gasteiger partial charge in [0.05, 0.1) is 11.8 Å². The molecular formula is C10H8F3N3. The van der Waals surface area contributed by atoms with Gasteiger partial charge in [-0.05, 0) is 17.7 Å². The molecule has 6 heteroatoms. The van der Waals surface area contributed by atoms with E-state index < -0.39 is 11.7 Å². The van der Waals surface area contributed by atoms with E-state index in [-0.39, 0.29) is 5.82 Å². The van der Waals surface area contributed by atoms with Crippen molar-refractivity contribution < 1.29 is 13.2 Å². The van der Waals surface area contributed by atoms with Gasteiger partial charge in [-0.25, -0.2) is 0 Å². The molecule has 3 nitrogen and oxygen atoms in total. The number of hydrogen-bond acceptors (Lipinski definition) is 2. The summed E-state index contributed by atoms with van der Waals surface area (Å²) in [5.41, 5.74) is 5.68. The largest absolute Gasteiger partial charge is 0.416 e. The van der Waals surface area contributed by atoms with Crippen LogP contribution in [0.5, 0.6) is 0 Å². The number of rotatable bonds is 1. The fourth-order valence-corrected chi connectivity index (χ4v) is 1.39. The molecular weight excluding hydrogens is 219 g/mol. The Kier molecular flexibility index (Phi) is 2.34. The zero-order valence-electron chi connectivity index (χ0n) is 8.05. The molecule has 0 fully saturated rings. The molecule has 0 spiro atoms. The average molecular weight is 227 g/mol. The number of aromatic nitrogens is 2. The molecule has 0 saturated carbocycles. The molecule has 84 valence electrons. The van der Waals surface area contributed by atoms with Crippen LogP contribution in [0.4, 0.5) is 19.0 Å². The number of nitrogens with two attached hydrogens (primary N) is 1. The van der Waals surface area contributed by atoms with E-state index in [1.54, 1.807) is 6.07 Å². The van der Waals surface area contributed by atoms with Gasteiger partial charge in [0.1, 0.15) is 5.82 Å². The lowest BCUT2D eigenvalue weighted by atomic mass is 10.1. The van der Waals surface area contributed by atoms with E-state index in [9.17, 15) is 13.2 Å². The number of hydrogen-bond donors (Lipinski definition) is 2. The van der Waals surface area contributed by atoms with Crippen LogP contribution in [-0.2, 0) is 6.18 Å². The molecule has 2 rings (SSSR count). The van der Waals surface area contributed by atoms with Crippen molar-refractivity contribution in [1.82, 2.24) is 10.2 Å². The molecule has 0 saturated heterocycles. The van der Waals surface area contributed by atoms with Gasteiger partial charge in [0, 0.05) is 5.56 Å². The summed E-state index contributed by atoms with van der Waals surface area (Å²) in [6, 6.07) is 4.95. The summed E-state index contributed by atoms with van der Waals surface area (Å²) >= 11 is 0. The van der Waals surface area contributed by atoms with E-state index in [1.165, 1.54) is 12.3 Å². The molecule has 0 radical (unpaired) electrons. The lowest BCUT2D eigenvalue weighted by Crippen LogP contribution is -2.04.